The van der Waals surface area contributed by atoms with E-state index in [4.69, 9.17) is 14.2 Å². The molecule has 5 atom stereocenters. The van der Waals surface area contributed by atoms with Crippen LogP contribution in [0.3, 0.4) is 0 Å². The highest BCUT2D eigenvalue weighted by Crippen LogP contribution is 2.68. The first kappa shape index (κ1) is 29.5. The van der Waals surface area contributed by atoms with Gasteiger partial charge in [-0.05, 0) is 107 Å². The van der Waals surface area contributed by atoms with Crippen molar-refractivity contribution in [2.24, 2.45) is 16.7 Å². The van der Waals surface area contributed by atoms with Crippen molar-refractivity contribution in [3.05, 3.63) is 35.4 Å². The molecule has 2 unspecified atom stereocenters. The molecule has 7 nitrogen and oxygen atoms in total. The van der Waals surface area contributed by atoms with Crippen LogP contribution in [0.1, 0.15) is 104 Å². The molecule has 7 aliphatic rings. The predicted octanol–water partition coefficient (Wildman–Crippen LogP) is 6.60. The number of aliphatic hydroxyl groups excluding tert-OH is 1. The Morgan fingerprint density at radius 3 is 2.56 bits per heavy atom. The largest absolute Gasteiger partial charge is 0.493 e. The van der Waals surface area contributed by atoms with Crippen molar-refractivity contribution >= 4 is 6.09 Å². The molecule has 1 aromatic rings. The first-order valence-electron chi connectivity index (χ1n) is 16.7. The van der Waals surface area contributed by atoms with Crippen LogP contribution in [0, 0.1) is 16.7 Å². The maximum Gasteiger partial charge on any atom is 0.410 e. The Bertz CT molecular complexity index is 1300. The first-order chi connectivity index (χ1) is 20.2. The molecule has 236 valence electrons. The van der Waals surface area contributed by atoms with Crippen LogP contribution in [0.5, 0.6) is 11.5 Å². The minimum Gasteiger partial charge on any atom is -0.493 e. The van der Waals surface area contributed by atoms with Gasteiger partial charge in [-0.3, -0.25) is 4.90 Å². The molecule has 4 saturated carbocycles. The van der Waals surface area contributed by atoms with Gasteiger partial charge in [0.05, 0.1) is 18.6 Å². The number of hydrogen-bond donors (Lipinski definition) is 1. The Morgan fingerprint density at radius 1 is 1.14 bits per heavy atom. The maximum atomic E-state index is 14.0. The van der Waals surface area contributed by atoms with Crippen molar-refractivity contribution in [2.45, 2.75) is 128 Å². The van der Waals surface area contributed by atoms with E-state index in [1.165, 1.54) is 30.4 Å². The molecule has 0 aromatic heterocycles. The van der Waals surface area contributed by atoms with Crippen molar-refractivity contribution in [2.75, 3.05) is 26.7 Å². The minimum atomic E-state index is -0.513. The molecule has 0 radical (unpaired) electrons. The second-order valence-electron chi connectivity index (χ2n) is 16.8. The zero-order chi connectivity index (χ0) is 30.4. The third kappa shape index (κ3) is 4.97. The molecule has 1 spiro atoms. The van der Waals surface area contributed by atoms with Gasteiger partial charge < -0.3 is 24.2 Å². The summed E-state index contributed by atoms with van der Waals surface area (Å²) in [5, 5.41) is 10.4. The molecular weight excluding hydrogens is 540 g/mol. The van der Waals surface area contributed by atoms with Gasteiger partial charge in [-0.25, -0.2) is 4.79 Å². The van der Waals surface area contributed by atoms with Gasteiger partial charge in [0, 0.05) is 37.2 Å². The molecule has 43 heavy (non-hydrogen) atoms. The molecule has 4 fully saturated rings. The summed E-state index contributed by atoms with van der Waals surface area (Å²) in [7, 11) is 1.70. The number of benzene rings is 1. The van der Waals surface area contributed by atoms with Crippen LogP contribution >= 0.6 is 0 Å². The van der Waals surface area contributed by atoms with E-state index >= 15 is 0 Å². The fourth-order valence-electron chi connectivity index (χ4n) is 11.2. The number of amides is 1. The Labute approximate surface area is 257 Å². The fourth-order valence-corrected chi connectivity index (χ4v) is 11.2. The zero-order valence-electron chi connectivity index (χ0n) is 27.2. The molecule has 1 amide bonds. The molecule has 5 aliphatic carbocycles. The normalized spacial score (nSPS) is 39.1. The quantitative estimate of drug-likeness (QED) is 0.376. The summed E-state index contributed by atoms with van der Waals surface area (Å²) in [5.41, 5.74) is 2.33. The Kier molecular flexibility index (Phi) is 6.76. The minimum absolute atomic E-state index is 0.0843. The molecule has 4 bridgehead atoms. The lowest BCUT2D eigenvalue weighted by atomic mass is 9.42. The lowest BCUT2D eigenvalue weighted by Gasteiger charge is -2.67. The zero-order valence-corrected chi connectivity index (χ0v) is 27.2. The van der Waals surface area contributed by atoms with E-state index in [0.717, 1.165) is 69.8 Å². The number of carbonyl (C=O) groups excluding carboxylic acids is 1. The third-order valence-corrected chi connectivity index (χ3v) is 11.7. The maximum absolute atomic E-state index is 14.0. The highest BCUT2D eigenvalue weighted by molar-refractivity contribution is 5.69. The van der Waals surface area contributed by atoms with Crippen LogP contribution in [0.2, 0.25) is 0 Å². The molecule has 1 aromatic carbocycles. The fraction of sp³-hybridized carbons (Fsp3) is 0.750. The van der Waals surface area contributed by atoms with Crippen molar-refractivity contribution in [1.82, 2.24) is 9.80 Å². The Morgan fingerprint density at radius 2 is 1.88 bits per heavy atom. The summed E-state index contributed by atoms with van der Waals surface area (Å²) >= 11 is 0. The topological polar surface area (TPSA) is 71.5 Å². The summed E-state index contributed by atoms with van der Waals surface area (Å²) in [6.45, 7) is 14.3. The van der Waals surface area contributed by atoms with Crippen molar-refractivity contribution in [3.63, 3.8) is 0 Å². The van der Waals surface area contributed by atoms with Gasteiger partial charge in [-0.2, -0.15) is 0 Å². The highest BCUT2D eigenvalue weighted by atomic mass is 16.6. The lowest BCUT2D eigenvalue weighted by molar-refractivity contribution is -0.157. The average Bonchev–Trinajstić information content (AvgIpc) is 3.11. The van der Waals surface area contributed by atoms with Crippen LogP contribution in [0.25, 0.3) is 0 Å². The van der Waals surface area contributed by atoms with Gasteiger partial charge in [0.15, 0.2) is 11.5 Å². The number of nitrogens with zero attached hydrogens (tertiary/aromatic N) is 2. The highest BCUT2D eigenvalue weighted by Gasteiger charge is 2.63. The molecule has 8 rings (SSSR count). The smallest absolute Gasteiger partial charge is 0.410 e. The number of methoxy groups -OCH3 is 1. The third-order valence-electron chi connectivity index (χ3n) is 11.7. The van der Waals surface area contributed by atoms with Crippen LogP contribution in [-0.2, 0) is 16.7 Å². The molecule has 0 saturated heterocycles. The predicted molar refractivity (Wildman–Crippen MR) is 166 cm³/mol. The lowest BCUT2D eigenvalue weighted by Crippen LogP contribution is -2.66. The van der Waals surface area contributed by atoms with Gasteiger partial charge in [-0.15, -0.1) is 0 Å². The summed E-state index contributed by atoms with van der Waals surface area (Å²) in [5.74, 6) is 2.34. The van der Waals surface area contributed by atoms with Gasteiger partial charge in [-0.1, -0.05) is 32.1 Å². The first-order valence-corrected chi connectivity index (χ1v) is 16.7. The average molecular weight is 593 g/mol. The van der Waals surface area contributed by atoms with Crippen molar-refractivity contribution < 1.29 is 24.1 Å². The van der Waals surface area contributed by atoms with E-state index in [2.05, 4.69) is 35.8 Å². The summed E-state index contributed by atoms with van der Waals surface area (Å²) in [6.07, 6.45) is 13.2. The summed E-state index contributed by atoms with van der Waals surface area (Å²) < 4.78 is 18.3. The van der Waals surface area contributed by atoms with Crippen LogP contribution < -0.4 is 9.47 Å². The summed E-state index contributed by atoms with van der Waals surface area (Å²) in [4.78, 5) is 18.7. The summed E-state index contributed by atoms with van der Waals surface area (Å²) in [6, 6.07) is 4.23. The van der Waals surface area contributed by atoms with E-state index in [9.17, 15) is 9.90 Å². The van der Waals surface area contributed by atoms with Crippen LogP contribution in [-0.4, -0.2) is 71.1 Å². The second-order valence-corrected chi connectivity index (χ2v) is 16.8. The van der Waals surface area contributed by atoms with Crippen molar-refractivity contribution in [3.8, 4) is 11.5 Å². The van der Waals surface area contributed by atoms with Crippen molar-refractivity contribution in [1.29, 1.82) is 0 Å². The van der Waals surface area contributed by atoms with Gasteiger partial charge in [0.2, 0.25) is 0 Å². The molecule has 2 heterocycles. The SMILES string of the molecule is COc1ccc2c3c1O[C@H]1C[C@@H](O)C=C[C@@]31CCN(CCCN(C(=O)OC(C)(C)C)C13CC4CC(C)(CC(C)(C4)C1)C3)C2. The monoisotopic (exact) mass is 592 g/mol. The van der Waals surface area contributed by atoms with E-state index in [1.54, 1.807) is 7.11 Å². The van der Waals surface area contributed by atoms with E-state index in [0.29, 0.717) is 23.2 Å². The van der Waals surface area contributed by atoms with E-state index < -0.39 is 11.7 Å². The van der Waals surface area contributed by atoms with Gasteiger partial charge in [0.1, 0.15) is 11.7 Å². The number of hydrogen-bond acceptors (Lipinski definition) is 6. The number of ether oxygens (including phenoxy) is 3. The standard InChI is InChI=1S/C36H52N2O5/c1-32(2,3)43-31(40)38(35-19-24-17-33(4,22-35)21-34(5,18-24)23-35)14-7-13-37-15-12-36-11-10-26(39)16-28(36)42-30-27(41-6)9-8-25(20-37)29(30)36/h8-11,24,26,28,39H,7,12-23H2,1-6H3/t24?,26-,28-,33?,34?,35?,36-/m0/s1. The van der Waals surface area contributed by atoms with E-state index in [1.807, 2.05) is 32.9 Å². The van der Waals surface area contributed by atoms with Gasteiger partial charge in [0.25, 0.3) is 0 Å². The number of rotatable bonds is 6. The van der Waals surface area contributed by atoms with Gasteiger partial charge >= 0.3 is 6.09 Å². The number of carbonyl (C=O) groups is 1. The Hall–Kier alpha value is -2.25. The second kappa shape index (κ2) is 9.87. The Balaban J connectivity index is 1.12. The molecule has 1 N–H and O–H groups in total. The van der Waals surface area contributed by atoms with E-state index in [-0.39, 0.29) is 23.2 Å². The van der Waals surface area contributed by atoms with Crippen LogP contribution in [0.15, 0.2) is 24.3 Å². The molecule has 2 aliphatic heterocycles. The molecular formula is C36H52N2O5. The number of aliphatic hydroxyl groups is 1. The molecule has 7 heteroatoms. The van der Waals surface area contributed by atoms with Crippen LogP contribution in [0.4, 0.5) is 4.79 Å².